The van der Waals surface area contributed by atoms with Crippen LogP contribution in [0.15, 0.2) is 18.2 Å². The Labute approximate surface area is 131 Å². The van der Waals surface area contributed by atoms with Crippen molar-refractivity contribution in [2.24, 2.45) is 11.3 Å². The van der Waals surface area contributed by atoms with Crippen molar-refractivity contribution >= 4 is 23.2 Å². The molecule has 0 radical (unpaired) electrons. The predicted octanol–water partition coefficient (Wildman–Crippen LogP) is 3.67. The van der Waals surface area contributed by atoms with Gasteiger partial charge in [-0.2, -0.15) is 0 Å². The average Bonchev–Trinajstić information content (AvgIpc) is 2.54. The molecule has 0 saturated carbocycles. The smallest absolute Gasteiger partial charge is 0.256 e. The molecule has 0 atom stereocenters. The van der Waals surface area contributed by atoms with Gasteiger partial charge in [-0.25, -0.2) is 0 Å². The Kier molecular flexibility index (Phi) is 5.12. The first-order chi connectivity index (χ1) is 10.0. The molecule has 1 aliphatic heterocycles. The van der Waals surface area contributed by atoms with Crippen molar-refractivity contribution in [3.05, 3.63) is 28.8 Å². The van der Waals surface area contributed by atoms with E-state index in [2.05, 4.69) is 19.3 Å². The Bertz CT molecular complexity index is 504. The number of carbonyl (C=O) groups is 1. The van der Waals surface area contributed by atoms with Gasteiger partial charge in [0.2, 0.25) is 0 Å². The third-order valence-electron chi connectivity index (χ3n) is 4.98. The summed E-state index contributed by atoms with van der Waals surface area (Å²) in [6.07, 6.45) is 4.49. The fraction of sp³-hybridized carbons (Fsp3) is 0.562. The van der Waals surface area contributed by atoms with Gasteiger partial charge in [0.05, 0.1) is 11.3 Å². The van der Waals surface area contributed by atoms with Crippen LogP contribution in [0.2, 0.25) is 5.02 Å². The second-order valence-electron chi connectivity index (χ2n) is 5.83. The Morgan fingerprint density at radius 2 is 1.95 bits per heavy atom. The van der Waals surface area contributed by atoms with E-state index in [-0.39, 0.29) is 5.91 Å². The zero-order valence-electron chi connectivity index (χ0n) is 12.8. The van der Waals surface area contributed by atoms with Crippen LogP contribution in [0, 0.1) is 5.41 Å². The quantitative estimate of drug-likeness (QED) is 0.659. The monoisotopic (exact) mass is 309 g/mol. The van der Waals surface area contributed by atoms with E-state index in [0.717, 1.165) is 25.9 Å². The number of likely N-dealkylation sites (tertiary alicyclic amines) is 1. The molecule has 0 aromatic heterocycles. The van der Waals surface area contributed by atoms with Gasteiger partial charge in [-0.05, 0) is 36.5 Å². The number of hydrogen-bond donors (Lipinski definition) is 2. The van der Waals surface area contributed by atoms with Gasteiger partial charge in [0.1, 0.15) is 0 Å². The number of nitrogens with one attached hydrogen (secondary N) is 1. The van der Waals surface area contributed by atoms with E-state index in [4.69, 9.17) is 17.4 Å². The molecule has 1 aliphatic rings. The molecule has 3 N–H and O–H groups in total. The number of carbonyl (C=O) groups excluding carboxylic acids is 1. The SMILES string of the molecule is CCC1(CC)CCN(C(=O)c2cc(Cl)ccc2NN)CC1. The van der Waals surface area contributed by atoms with Gasteiger partial charge in [0, 0.05) is 18.1 Å². The lowest BCUT2D eigenvalue weighted by molar-refractivity contribution is 0.0558. The molecule has 0 spiro atoms. The minimum atomic E-state index is 0.00579. The molecule has 1 heterocycles. The van der Waals surface area contributed by atoms with Crippen molar-refractivity contribution in [3.63, 3.8) is 0 Å². The number of nitrogens with zero attached hydrogens (tertiary/aromatic N) is 1. The Balaban J connectivity index is 2.14. The van der Waals surface area contributed by atoms with Crippen LogP contribution in [-0.2, 0) is 0 Å². The molecule has 4 nitrogen and oxygen atoms in total. The van der Waals surface area contributed by atoms with Gasteiger partial charge in [-0.15, -0.1) is 0 Å². The fourth-order valence-electron chi connectivity index (χ4n) is 3.13. The van der Waals surface area contributed by atoms with E-state index < -0.39 is 0 Å². The Hall–Kier alpha value is -1.26. The maximum Gasteiger partial charge on any atom is 0.256 e. The lowest BCUT2D eigenvalue weighted by Gasteiger charge is -2.41. The largest absolute Gasteiger partial charge is 0.339 e. The van der Waals surface area contributed by atoms with Crippen LogP contribution in [0.5, 0.6) is 0 Å². The first-order valence-electron chi connectivity index (χ1n) is 7.60. The van der Waals surface area contributed by atoms with Crippen LogP contribution in [0.4, 0.5) is 5.69 Å². The summed E-state index contributed by atoms with van der Waals surface area (Å²) in [5.74, 6) is 5.50. The molecule has 1 aromatic rings. The van der Waals surface area contributed by atoms with Crippen LogP contribution in [0.25, 0.3) is 0 Å². The molecule has 0 unspecified atom stereocenters. The number of benzene rings is 1. The highest BCUT2D eigenvalue weighted by molar-refractivity contribution is 6.31. The molecule has 2 rings (SSSR count). The topological polar surface area (TPSA) is 58.4 Å². The highest BCUT2D eigenvalue weighted by atomic mass is 35.5. The second kappa shape index (κ2) is 6.67. The van der Waals surface area contributed by atoms with E-state index in [1.165, 1.54) is 12.8 Å². The van der Waals surface area contributed by atoms with Gasteiger partial charge in [0.15, 0.2) is 0 Å². The van der Waals surface area contributed by atoms with Gasteiger partial charge in [0.25, 0.3) is 5.91 Å². The van der Waals surface area contributed by atoms with Crippen molar-refractivity contribution in [3.8, 4) is 0 Å². The van der Waals surface area contributed by atoms with Crippen LogP contribution < -0.4 is 11.3 Å². The van der Waals surface area contributed by atoms with Crippen LogP contribution in [-0.4, -0.2) is 23.9 Å². The predicted molar refractivity (Wildman–Crippen MR) is 87.4 cm³/mol. The molecular formula is C16H24ClN3O. The zero-order chi connectivity index (χ0) is 15.5. The van der Waals surface area contributed by atoms with E-state index in [1.54, 1.807) is 18.2 Å². The van der Waals surface area contributed by atoms with Gasteiger partial charge in [-0.3, -0.25) is 10.6 Å². The minimum Gasteiger partial charge on any atom is -0.339 e. The number of nitrogens with two attached hydrogens (primary N) is 1. The van der Waals surface area contributed by atoms with Gasteiger partial charge >= 0.3 is 0 Å². The summed E-state index contributed by atoms with van der Waals surface area (Å²) >= 11 is 6.01. The number of hydrazine groups is 1. The van der Waals surface area contributed by atoms with Crippen molar-refractivity contribution in [2.75, 3.05) is 18.5 Å². The molecule has 0 bridgehead atoms. The Morgan fingerprint density at radius 3 is 2.48 bits per heavy atom. The molecule has 116 valence electrons. The molecule has 1 fully saturated rings. The van der Waals surface area contributed by atoms with E-state index >= 15 is 0 Å². The van der Waals surface area contributed by atoms with Crippen LogP contribution >= 0.6 is 11.6 Å². The number of piperidine rings is 1. The van der Waals surface area contributed by atoms with Crippen LogP contribution in [0.1, 0.15) is 49.9 Å². The summed E-state index contributed by atoms with van der Waals surface area (Å²) in [5, 5.41) is 0.547. The molecule has 1 aromatic carbocycles. The molecular weight excluding hydrogens is 286 g/mol. The van der Waals surface area contributed by atoms with E-state index in [0.29, 0.717) is 21.7 Å². The summed E-state index contributed by atoms with van der Waals surface area (Å²) in [6.45, 7) is 6.09. The summed E-state index contributed by atoms with van der Waals surface area (Å²) in [7, 11) is 0. The maximum atomic E-state index is 12.7. The number of nitrogen functional groups attached to an aromatic ring is 1. The zero-order valence-corrected chi connectivity index (χ0v) is 13.5. The summed E-state index contributed by atoms with van der Waals surface area (Å²) in [5.41, 5.74) is 4.14. The van der Waals surface area contributed by atoms with Crippen molar-refractivity contribution in [1.82, 2.24) is 4.90 Å². The number of halogens is 1. The molecule has 21 heavy (non-hydrogen) atoms. The van der Waals surface area contributed by atoms with E-state index in [9.17, 15) is 4.79 Å². The van der Waals surface area contributed by atoms with Crippen LogP contribution in [0.3, 0.4) is 0 Å². The normalized spacial score (nSPS) is 17.6. The average molecular weight is 310 g/mol. The molecule has 1 amide bonds. The van der Waals surface area contributed by atoms with Crippen molar-refractivity contribution in [1.29, 1.82) is 0 Å². The highest BCUT2D eigenvalue weighted by Gasteiger charge is 2.33. The third kappa shape index (κ3) is 3.33. The maximum absolute atomic E-state index is 12.7. The standard InChI is InChI=1S/C16H24ClN3O/c1-3-16(4-2)7-9-20(10-8-16)15(21)13-11-12(17)5-6-14(13)19-18/h5-6,11,19H,3-4,7-10,18H2,1-2H3. The molecule has 5 heteroatoms. The lowest BCUT2D eigenvalue weighted by atomic mass is 9.74. The first-order valence-corrected chi connectivity index (χ1v) is 7.98. The van der Waals surface area contributed by atoms with Crippen molar-refractivity contribution in [2.45, 2.75) is 39.5 Å². The van der Waals surface area contributed by atoms with Gasteiger partial charge < -0.3 is 10.3 Å². The Morgan fingerprint density at radius 1 is 1.33 bits per heavy atom. The third-order valence-corrected chi connectivity index (χ3v) is 5.21. The van der Waals surface area contributed by atoms with Gasteiger partial charge in [-0.1, -0.05) is 38.3 Å². The minimum absolute atomic E-state index is 0.00579. The number of anilines is 1. The number of rotatable bonds is 4. The summed E-state index contributed by atoms with van der Waals surface area (Å²) < 4.78 is 0. The number of amides is 1. The summed E-state index contributed by atoms with van der Waals surface area (Å²) in [4.78, 5) is 14.6. The summed E-state index contributed by atoms with van der Waals surface area (Å²) in [6, 6.07) is 5.14. The van der Waals surface area contributed by atoms with E-state index in [1.807, 2.05) is 4.90 Å². The number of hydrogen-bond acceptors (Lipinski definition) is 3. The first kappa shape index (κ1) is 16.1. The second-order valence-corrected chi connectivity index (χ2v) is 6.27. The fourth-order valence-corrected chi connectivity index (χ4v) is 3.30. The lowest BCUT2D eigenvalue weighted by Crippen LogP contribution is -2.43. The molecule has 1 saturated heterocycles. The van der Waals surface area contributed by atoms with Crippen molar-refractivity contribution < 1.29 is 4.79 Å². The highest BCUT2D eigenvalue weighted by Crippen LogP contribution is 2.38. The molecule has 0 aliphatic carbocycles.